The Morgan fingerprint density at radius 1 is 0.633 bits per heavy atom. The van der Waals surface area contributed by atoms with E-state index in [1.807, 2.05) is 24.3 Å². The highest BCUT2D eigenvalue weighted by molar-refractivity contribution is 5.94. The van der Waals surface area contributed by atoms with E-state index in [2.05, 4.69) is 0 Å². The van der Waals surface area contributed by atoms with E-state index in [0.717, 1.165) is 11.1 Å². The summed E-state index contributed by atoms with van der Waals surface area (Å²) >= 11 is 0. The lowest BCUT2D eigenvalue weighted by Gasteiger charge is -2.11. The van der Waals surface area contributed by atoms with Crippen LogP contribution in [0.1, 0.15) is 46.9 Å². The Balaban J connectivity index is 2.03. The smallest absolute Gasteiger partial charge is 0.154 e. The van der Waals surface area contributed by atoms with Crippen LogP contribution in [0.4, 0.5) is 0 Å². The number of nitrogens with zero attached hydrogens (tertiary/aromatic N) is 4. The van der Waals surface area contributed by atoms with Gasteiger partial charge in [-0.1, -0.05) is 48.5 Å². The van der Waals surface area contributed by atoms with Crippen molar-refractivity contribution in [3.8, 4) is 24.3 Å². The fourth-order valence-electron chi connectivity index (χ4n) is 3.04. The quantitative estimate of drug-likeness (QED) is 0.638. The van der Waals surface area contributed by atoms with E-state index in [0.29, 0.717) is 11.1 Å². The highest BCUT2D eigenvalue weighted by Crippen LogP contribution is 2.23. The van der Waals surface area contributed by atoms with Crippen molar-refractivity contribution in [1.82, 2.24) is 0 Å². The largest absolute Gasteiger partial charge is 0.298 e. The second-order valence-electron chi connectivity index (χ2n) is 6.71. The van der Waals surface area contributed by atoms with Crippen LogP contribution in [-0.2, 0) is 22.4 Å². The number of Topliss-reactive ketones (excluding diaryl/α,β-unsaturated/α-hetero) is 2. The number of hydrogen-bond donors (Lipinski definition) is 0. The maximum Gasteiger partial charge on any atom is 0.154 e. The monoisotopic (exact) mass is 394 g/mol. The molecule has 0 N–H and O–H groups in total. The molecule has 0 saturated carbocycles. The van der Waals surface area contributed by atoms with Crippen molar-refractivity contribution in [2.75, 3.05) is 0 Å². The Morgan fingerprint density at radius 2 is 0.967 bits per heavy atom. The van der Waals surface area contributed by atoms with E-state index < -0.39 is 11.8 Å². The average molecular weight is 394 g/mol. The predicted octanol–water partition coefficient (Wildman–Crippen LogP) is 3.65. The van der Waals surface area contributed by atoms with Crippen LogP contribution >= 0.6 is 0 Å². The number of rotatable bonds is 9. The third kappa shape index (κ3) is 5.62. The number of carbonyl (C=O) groups excluding carboxylic acids is 2. The van der Waals surface area contributed by atoms with Gasteiger partial charge in [-0.15, -0.1) is 0 Å². The van der Waals surface area contributed by atoms with Crippen LogP contribution in [0.25, 0.3) is 0 Å². The van der Waals surface area contributed by atoms with E-state index in [4.69, 9.17) is 10.5 Å². The van der Waals surface area contributed by atoms with Crippen molar-refractivity contribution in [1.29, 1.82) is 21.0 Å². The first-order chi connectivity index (χ1) is 14.5. The number of ketones is 2. The molecule has 0 aromatic heterocycles. The summed E-state index contributed by atoms with van der Waals surface area (Å²) in [6.45, 7) is 0. The molecule has 0 aliphatic heterocycles. The van der Waals surface area contributed by atoms with Crippen molar-refractivity contribution in [2.45, 2.75) is 37.5 Å². The second kappa shape index (κ2) is 10.9. The molecule has 0 spiro atoms. The summed E-state index contributed by atoms with van der Waals surface area (Å²) in [5.74, 6) is -2.78. The first-order valence-corrected chi connectivity index (χ1v) is 9.30. The summed E-state index contributed by atoms with van der Waals surface area (Å²) in [5, 5.41) is 36.2. The zero-order valence-electron chi connectivity index (χ0n) is 16.2. The van der Waals surface area contributed by atoms with Crippen molar-refractivity contribution in [2.24, 2.45) is 0 Å². The molecule has 2 aromatic carbocycles. The molecule has 2 atom stereocenters. The molecule has 30 heavy (non-hydrogen) atoms. The van der Waals surface area contributed by atoms with Crippen molar-refractivity contribution in [3.63, 3.8) is 0 Å². The molecular formula is C24H18N4O2. The van der Waals surface area contributed by atoms with E-state index in [1.165, 1.54) is 0 Å². The molecule has 0 amide bonds. The van der Waals surface area contributed by atoms with Crippen LogP contribution in [0.3, 0.4) is 0 Å². The molecule has 0 aliphatic rings. The lowest BCUT2D eigenvalue weighted by molar-refractivity contribution is -0.124. The first-order valence-electron chi connectivity index (χ1n) is 9.30. The summed E-state index contributed by atoms with van der Waals surface area (Å²) in [6, 6.07) is 21.4. The van der Waals surface area contributed by atoms with Crippen LogP contribution in [0, 0.1) is 45.3 Å². The molecule has 0 saturated heterocycles. The maximum absolute atomic E-state index is 12.5. The third-order valence-electron chi connectivity index (χ3n) is 4.71. The van der Waals surface area contributed by atoms with E-state index in [-0.39, 0.29) is 37.2 Å². The highest BCUT2D eigenvalue weighted by atomic mass is 16.1. The van der Waals surface area contributed by atoms with Gasteiger partial charge in [-0.3, -0.25) is 9.59 Å². The average Bonchev–Trinajstić information content (AvgIpc) is 2.76. The molecule has 2 rings (SSSR count). The summed E-state index contributed by atoms with van der Waals surface area (Å²) in [5.41, 5.74) is 2.61. The fourth-order valence-corrected chi connectivity index (χ4v) is 3.04. The molecule has 6 heteroatoms. The minimum Gasteiger partial charge on any atom is -0.298 e. The van der Waals surface area contributed by atoms with Gasteiger partial charge in [0, 0.05) is 12.8 Å². The normalized spacial score (nSPS) is 11.7. The fraction of sp³-hybridized carbons (Fsp3) is 0.250. The molecule has 0 aliphatic carbocycles. The predicted molar refractivity (Wildman–Crippen MR) is 107 cm³/mol. The SMILES string of the molecule is N#CCc1ccc(C(C#N)C(=O)CCC(=O)C(C#N)c2ccc(CC#N)cc2)cc1. The van der Waals surface area contributed by atoms with E-state index in [9.17, 15) is 20.1 Å². The molecule has 0 fully saturated rings. The van der Waals surface area contributed by atoms with E-state index >= 15 is 0 Å². The number of hydrogen-bond acceptors (Lipinski definition) is 6. The highest BCUT2D eigenvalue weighted by Gasteiger charge is 2.24. The lowest BCUT2D eigenvalue weighted by atomic mass is 9.89. The van der Waals surface area contributed by atoms with Gasteiger partial charge in [0.1, 0.15) is 11.8 Å². The minimum absolute atomic E-state index is 0.137. The van der Waals surface area contributed by atoms with Gasteiger partial charge in [-0.25, -0.2) is 0 Å². The van der Waals surface area contributed by atoms with Crippen LogP contribution in [0.15, 0.2) is 48.5 Å². The van der Waals surface area contributed by atoms with E-state index in [1.54, 1.807) is 48.5 Å². The van der Waals surface area contributed by atoms with Crippen LogP contribution in [0.2, 0.25) is 0 Å². The van der Waals surface area contributed by atoms with Gasteiger partial charge >= 0.3 is 0 Å². The molecule has 146 valence electrons. The number of carbonyl (C=O) groups is 2. The Labute approximate surface area is 175 Å². The summed E-state index contributed by atoms with van der Waals surface area (Å²) in [7, 11) is 0. The molecule has 2 unspecified atom stereocenters. The summed E-state index contributed by atoms with van der Waals surface area (Å²) in [4.78, 5) is 25.0. The maximum atomic E-state index is 12.5. The Morgan fingerprint density at radius 3 is 1.23 bits per heavy atom. The molecule has 0 heterocycles. The van der Waals surface area contributed by atoms with Crippen molar-refractivity contribution < 1.29 is 9.59 Å². The Kier molecular flexibility index (Phi) is 8.02. The Hall–Kier alpha value is -4.26. The summed E-state index contributed by atoms with van der Waals surface area (Å²) in [6.07, 6.45) is 0.212. The van der Waals surface area contributed by atoms with Crippen LogP contribution < -0.4 is 0 Å². The topological polar surface area (TPSA) is 129 Å². The minimum atomic E-state index is -1.00. The molecule has 2 aromatic rings. The van der Waals surface area contributed by atoms with Crippen LogP contribution in [-0.4, -0.2) is 11.6 Å². The molecular weight excluding hydrogens is 376 g/mol. The molecule has 0 bridgehead atoms. The number of benzene rings is 2. The zero-order chi connectivity index (χ0) is 21.9. The van der Waals surface area contributed by atoms with Gasteiger partial charge in [-0.05, 0) is 22.3 Å². The summed E-state index contributed by atoms with van der Waals surface area (Å²) < 4.78 is 0. The second-order valence-corrected chi connectivity index (χ2v) is 6.71. The standard InChI is InChI=1S/C24H18N4O2/c25-13-11-17-1-5-19(6-2-17)21(15-27)23(29)9-10-24(30)22(16-28)20-7-3-18(4-8-20)12-14-26/h1-8,21-22H,9-12H2. The van der Waals surface area contributed by atoms with Gasteiger partial charge in [-0.2, -0.15) is 21.0 Å². The van der Waals surface area contributed by atoms with Crippen molar-refractivity contribution in [3.05, 3.63) is 70.8 Å². The molecule has 0 radical (unpaired) electrons. The van der Waals surface area contributed by atoms with Crippen LogP contribution in [0.5, 0.6) is 0 Å². The number of nitriles is 4. The van der Waals surface area contributed by atoms with Gasteiger partial charge in [0.05, 0.1) is 37.1 Å². The lowest BCUT2D eigenvalue weighted by Crippen LogP contribution is -2.16. The van der Waals surface area contributed by atoms with Gasteiger partial charge in [0.2, 0.25) is 0 Å². The third-order valence-corrected chi connectivity index (χ3v) is 4.71. The van der Waals surface area contributed by atoms with Gasteiger partial charge in [0.15, 0.2) is 11.6 Å². The van der Waals surface area contributed by atoms with Crippen molar-refractivity contribution >= 4 is 11.6 Å². The van der Waals surface area contributed by atoms with Gasteiger partial charge < -0.3 is 0 Å². The zero-order valence-corrected chi connectivity index (χ0v) is 16.2. The van der Waals surface area contributed by atoms with Gasteiger partial charge in [0.25, 0.3) is 0 Å². The Bertz CT molecular complexity index is 985. The molecule has 6 nitrogen and oxygen atoms in total. The first kappa shape index (κ1) is 22.0.